The maximum atomic E-state index is 12.2. The number of thioether (sulfide) groups is 2. The van der Waals surface area contributed by atoms with Gasteiger partial charge in [-0.3, -0.25) is 4.72 Å². The number of hydrogen-bond acceptors (Lipinski definition) is 6. The molecule has 2 aromatic carbocycles. The van der Waals surface area contributed by atoms with E-state index in [1.54, 1.807) is 47.0 Å². The standard InChI is InChI=1S/C17H18N2O2S4/c1-22-14-9-7-13(8-10-14)19-25(20,21)12-4-11-23-17-18-15-5-2-3-6-16(15)24-17/h2-3,5-10,19H,4,11-12H2,1H3. The van der Waals surface area contributed by atoms with Crippen molar-refractivity contribution < 1.29 is 8.42 Å². The van der Waals surface area contributed by atoms with E-state index >= 15 is 0 Å². The number of nitrogens with zero attached hydrogens (tertiary/aromatic N) is 1. The van der Waals surface area contributed by atoms with Crippen molar-refractivity contribution in [1.82, 2.24) is 4.98 Å². The Morgan fingerprint density at radius 2 is 1.88 bits per heavy atom. The maximum Gasteiger partial charge on any atom is 0.232 e. The van der Waals surface area contributed by atoms with Gasteiger partial charge >= 0.3 is 0 Å². The molecule has 0 fully saturated rings. The zero-order valence-electron chi connectivity index (χ0n) is 13.6. The number of sulfonamides is 1. The number of anilines is 1. The van der Waals surface area contributed by atoms with Crippen LogP contribution in [0.25, 0.3) is 10.2 Å². The topological polar surface area (TPSA) is 59.1 Å². The number of para-hydroxylation sites is 1. The average Bonchev–Trinajstić information content (AvgIpc) is 3.02. The van der Waals surface area contributed by atoms with E-state index < -0.39 is 10.0 Å². The fourth-order valence-corrected chi connectivity index (χ4v) is 6.00. The van der Waals surface area contributed by atoms with Gasteiger partial charge in [0.15, 0.2) is 4.34 Å². The van der Waals surface area contributed by atoms with Crippen molar-refractivity contribution in [1.29, 1.82) is 0 Å². The van der Waals surface area contributed by atoms with Gasteiger partial charge in [0.05, 0.1) is 16.0 Å². The molecule has 0 amide bonds. The average molecular weight is 411 g/mol. The van der Waals surface area contributed by atoms with Crippen molar-refractivity contribution in [2.75, 3.05) is 22.5 Å². The van der Waals surface area contributed by atoms with Crippen molar-refractivity contribution >= 4 is 60.8 Å². The number of hydrogen-bond donors (Lipinski definition) is 1. The van der Waals surface area contributed by atoms with Crippen molar-refractivity contribution in [2.24, 2.45) is 0 Å². The summed E-state index contributed by atoms with van der Waals surface area (Å²) in [6.45, 7) is 0. The van der Waals surface area contributed by atoms with Gasteiger partial charge in [0, 0.05) is 16.3 Å². The highest BCUT2D eigenvalue weighted by molar-refractivity contribution is 8.01. The molecular weight excluding hydrogens is 392 g/mol. The van der Waals surface area contributed by atoms with E-state index in [-0.39, 0.29) is 5.75 Å². The molecule has 0 unspecified atom stereocenters. The first kappa shape index (κ1) is 18.6. The van der Waals surface area contributed by atoms with Gasteiger partial charge in [-0.15, -0.1) is 23.1 Å². The Hall–Kier alpha value is -1.22. The molecule has 0 radical (unpaired) electrons. The molecule has 0 aliphatic heterocycles. The van der Waals surface area contributed by atoms with Crippen LogP contribution in [0.5, 0.6) is 0 Å². The van der Waals surface area contributed by atoms with E-state index in [9.17, 15) is 8.42 Å². The second-order valence-electron chi connectivity index (χ2n) is 5.30. The molecule has 0 saturated carbocycles. The molecule has 0 bridgehead atoms. The zero-order valence-corrected chi connectivity index (χ0v) is 16.9. The maximum absolute atomic E-state index is 12.2. The van der Waals surface area contributed by atoms with Gasteiger partial charge in [-0.05, 0) is 49.1 Å². The Labute approximate surface area is 160 Å². The second-order valence-corrected chi connectivity index (χ2v) is 10.4. The number of nitrogens with one attached hydrogen (secondary N) is 1. The van der Waals surface area contributed by atoms with E-state index in [0.29, 0.717) is 12.1 Å². The Balaban J connectivity index is 1.48. The Bertz CT molecular complexity index is 904. The highest BCUT2D eigenvalue weighted by Gasteiger charge is 2.11. The first-order valence-corrected chi connectivity index (χ1v) is 12.4. The first-order valence-electron chi connectivity index (χ1n) is 7.69. The fraction of sp³-hybridized carbons (Fsp3) is 0.235. The molecule has 0 aliphatic carbocycles. The lowest BCUT2D eigenvalue weighted by atomic mass is 10.3. The van der Waals surface area contributed by atoms with Gasteiger partial charge < -0.3 is 0 Å². The molecule has 3 aromatic rings. The summed E-state index contributed by atoms with van der Waals surface area (Å²) in [6, 6.07) is 15.4. The molecule has 4 nitrogen and oxygen atoms in total. The monoisotopic (exact) mass is 410 g/mol. The third-order valence-corrected chi connectivity index (χ3v) is 7.80. The van der Waals surface area contributed by atoms with E-state index in [2.05, 4.69) is 9.71 Å². The van der Waals surface area contributed by atoms with Crippen molar-refractivity contribution in [3.63, 3.8) is 0 Å². The Morgan fingerprint density at radius 1 is 1.12 bits per heavy atom. The third-order valence-electron chi connectivity index (χ3n) is 3.42. The minimum absolute atomic E-state index is 0.106. The quantitative estimate of drug-likeness (QED) is 0.421. The lowest BCUT2D eigenvalue weighted by Crippen LogP contribution is -2.17. The number of rotatable bonds is 8. The zero-order chi connectivity index (χ0) is 17.7. The molecule has 1 heterocycles. The molecule has 0 atom stereocenters. The van der Waals surface area contributed by atoms with Crippen LogP contribution in [0, 0.1) is 0 Å². The summed E-state index contributed by atoms with van der Waals surface area (Å²) in [5.41, 5.74) is 1.61. The van der Waals surface area contributed by atoms with Gasteiger partial charge in [0.25, 0.3) is 0 Å². The highest BCUT2D eigenvalue weighted by Crippen LogP contribution is 2.29. The van der Waals surface area contributed by atoms with Crippen LogP contribution >= 0.6 is 34.9 Å². The van der Waals surface area contributed by atoms with Crippen LogP contribution in [0.15, 0.2) is 57.8 Å². The molecule has 132 valence electrons. The molecule has 0 saturated heterocycles. The van der Waals surface area contributed by atoms with Crippen LogP contribution in [0.3, 0.4) is 0 Å². The number of fused-ring (bicyclic) bond motifs is 1. The van der Waals surface area contributed by atoms with Crippen molar-refractivity contribution in [2.45, 2.75) is 15.7 Å². The lowest BCUT2D eigenvalue weighted by Gasteiger charge is -2.08. The SMILES string of the molecule is CSc1ccc(NS(=O)(=O)CCCSc2nc3ccccc3s2)cc1. The molecule has 3 rings (SSSR count). The lowest BCUT2D eigenvalue weighted by molar-refractivity contribution is 0.600. The number of aromatic nitrogens is 1. The van der Waals surface area contributed by atoms with Crippen LogP contribution in [-0.4, -0.2) is 31.2 Å². The first-order chi connectivity index (χ1) is 12.1. The fourth-order valence-electron chi connectivity index (χ4n) is 2.21. The summed E-state index contributed by atoms with van der Waals surface area (Å²) in [6.07, 6.45) is 2.57. The molecule has 8 heteroatoms. The highest BCUT2D eigenvalue weighted by atomic mass is 32.2. The molecule has 0 aliphatic rings. The molecule has 1 aromatic heterocycles. The summed E-state index contributed by atoms with van der Waals surface area (Å²) in [4.78, 5) is 5.65. The summed E-state index contributed by atoms with van der Waals surface area (Å²) in [7, 11) is -3.32. The molecule has 0 spiro atoms. The summed E-state index contributed by atoms with van der Waals surface area (Å²) in [5.74, 6) is 0.835. The summed E-state index contributed by atoms with van der Waals surface area (Å²) < 4.78 is 29.1. The van der Waals surface area contributed by atoms with Gasteiger partial charge in [0.1, 0.15) is 0 Å². The van der Waals surface area contributed by atoms with Gasteiger partial charge in [-0.25, -0.2) is 13.4 Å². The van der Waals surface area contributed by atoms with Gasteiger partial charge in [0.2, 0.25) is 10.0 Å². The second kappa shape index (κ2) is 8.44. The molecular formula is C17H18N2O2S4. The number of thiazole rings is 1. The van der Waals surface area contributed by atoms with Crippen LogP contribution in [-0.2, 0) is 10.0 Å². The van der Waals surface area contributed by atoms with E-state index in [4.69, 9.17) is 0 Å². The predicted molar refractivity (Wildman–Crippen MR) is 111 cm³/mol. The summed E-state index contributed by atoms with van der Waals surface area (Å²) in [5, 5.41) is 0. The Morgan fingerprint density at radius 3 is 2.60 bits per heavy atom. The van der Waals surface area contributed by atoms with E-state index in [1.165, 1.54) is 0 Å². The van der Waals surface area contributed by atoms with Gasteiger partial charge in [-0.1, -0.05) is 23.9 Å². The predicted octanol–water partition coefficient (Wildman–Crippen LogP) is 4.94. The smallest absolute Gasteiger partial charge is 0.232 e. The molecule has 1 N–H and O–H groups in total. The van der Waals surface area contributed by atoms with Crippen LogP contribution in [0.4, 0.5) is 5.69 Å². The normalized spacial score (nSPS) is 11.7. The van der Waals surface area contributed by atoms with Gasteiger partial charge in [-0.2, -0.15) is 0 Å². The van der Waals surface area contributed by atoms with E-state index in [0.717, 1.165) is 25.2 Å². The largest absolute Gasteiger partial charge is 0.284 e. The van der Waals surface area contributed by atoms with Crippen LogP contribution < -0.4 is 4.72 Å². The van der Waals surface area contributed by atoms with E-state index in [1.807, 2.05) is 42.7 Å². The summed E-state index contributed by atoms with van der Waals surface area (Å²) >= 11 is 4.88. The Kier molecular flexibility index (Phi) is 6.27. The molecule has 25 heavy (non-hydrogen) atoms. The third kappa shape index (κ3) is 5.37. The van der Waals surface area contributed by atoms with Crippen LogP contribution in [0.2, 0.25) is 0 Å². The minimum atomic E-state index is -3.32. The van der Waals surface area contributed by atoms with Crippen molar-refractivity contribution in [3.05, 3.63) is 48.5 Å². The van der Waals surface area contributed by atoms with Crippen LogP contribution in [0.1, 0.15) is 6.42 Å². The number of benzene rings is 2. The minimum Gasteiger partial charge on any atom is -0.284 e. The van der Waals surface area contributed by atoms with Crippen molar-refractivity contribution in [3.8, 4) is 0 Å².